The van der Waals surface area contributed by atoms with Crippen molar-refractivity contribution in [2.75, 3.05) is 20.8 Å². The Kier molecular flexibility index (Phi) is 9.86. The summed E-state index contributed by atoms with van der Waals surface area (Å²) in [6.07, 6.45) is -1.26. The second-order valence-corrected chi connectivity index (χ2v) is 10.2. The van der Waals surface area contributed by atoms with E-state index in [1.165, 1.54) is 7.11 Å². The van der Waals surface area contributed by atoms with Crippen LogP contribution in [0.2, 0.25) is 0 Å². The molecule has 9 nitrogen and oxygen atoms in total. The molecule has 3 N–H and O–H groups in total. The molecule has 0 aromatic rings. The van der Waals surface area contributed by atoms with Gasteiger partial charge in [-0.1, -0.05) is 27.7 Å². The summed E-state index contributed by atoms with van der Waals surface area (Å²) in [5.41, 5.74) is 0. The number of nitrogens with one attached hydrogen (secondary N) is 2. The number of ether oxygens (including phenoxy) is 4. The van der Waals surface area contributed by atoms with Crippen molar-refractivity contribution in [3.05, 3.63) is 0 Å². The second-order valence-electron chi connectivity index (χ2n) is 8.63. The fraction of sp³-hybridized carbons (Fsp3) is 1.00. The van der Waals surface area contributed by atoms with Gasteiger partial charge in [-0.25, -0.2) is 9.65 Å². The SMILES string of the molecule is [B][C@@H]1O[C@H](COP(=O)(O)NC2[C@@H](CC(C)C)O[C@@H]([B])[C@H]2OC)C(NC(C)C)[C@@H]1OC. The molecule has 12 heteroatoms. The summed E-state index contributed by atoms with van der Waals surface area (Å²) in [5.74, 6) is 0.309. The first-order valence-electron chi connectivity index (χ1n) is 10.4. The highest BCUT2D eigenvalue weighted by molar-refractivity contribution is 7.50. The lowest BCUT2D eigenvalue weighted by Gasteiger charge is -2.29. The molecule has 3 unspecified atom stereocenters. The molecular formula is C18H35B2N2O7P. The van der Waals surface area contributed by atoms with Crippen molar-refractivity contribution in [2.24, 2.45) is 5.92 Å². The molecule has 0 saturated carbocycles. The van der Waals surface area contributed by atoms with Crippen LogP contribution < -0.4 is 10.4 Å². The standard InChI is InChI=1S/C18H35B2N2O7P/c1-9(2)7-11-14(16(26-6)18(20)28-11)22-30(23,24)27-8-12-13(21-10(3)4)15(25-5)17(19)29-12/h9-18,21H,7-8H2,1-6H3,(H2,22,23,24)/t11-,12-,13?,14?,15+,16+,17-,18-/m1/s1. The highest BCUT2D eigenvalue weighted by atomic mass is 31.2. The molecule has 2 rings (SSSR count). The molecular weight excluding hydrogens is 409 g/mol. The summed E-state index contributed by atoms with van der Waals surface area (Å²) in [6.45, 7) is 7.89. The topological polar surface area (TPSA) is 108 Å². The Hall–Kier alpha value is 0.0399. The Balaban J connectivity index is 2.03. The van der Waals surface area contributed by atoms with Crippen LogP contribution in [0.4, 0.5) is 0 Å². The molecule has 0 amide bonds. The van der Waals surface area contributed by atoms with E-state index in [2.05, 4.69) is 10.4 Å². The zero-order valence-corrected chi connectivity index (χ0v) is 19.6. The molecule has 9 atom stereocenters. The lowest BCUT2D eigenvalue weighted by Crippen LogP contribution is -2.50. The highest BCUT2D eigenvalue weighted by Gasteiger charge is 2.47. The van der Waals surface area contributed by atoms with Gasteiger partial charge in [0.05, 0.1) is 43.1 Å². The number of methoxy groups -OCH3 is 2. The van der Waals surface area contributed by atoms with E-state index >= 15 is 0 Å². The summed E-state index contributed by atoms with van der Waals surface area (Å²) in [6, 6.07) is -2.10. The minimum Gasteiger partial charge on any atom is -0.380 e. The number of hydrogen-bond acceptors (Lipinski definition) is 7. The van der Waals surface area contributed by atoms with Gasteiger partial charge in [-0.05, 0) is 12.3 Å². The predicted octanol–water partition coefficient (Wildman–Crippen LogP) is 0.291. The molecule has 0 aromatic heterocycles. The minimum absolute atomic E-state index is 0.138. The molecule has 2 saturated heterocycles. The van der Waals surface area contributed by atoms with Crippen LogP contribution in [0.3, 0.4) is 0 Å². The van der Waals surface area contributed by atoms with Crippen LogP contribution in [0.15, 0.2) is 0 Å². The monoisotopic (exact) mass is 444 g/mol. The summed E-state index contributed by atoms with van der Waals surface area (Å²) in [4.78, 5) is 10.5. The molecule has 2 aliphatic heterocycles. The van der Waals surface area contributed by atoms with Crippen LogP contribution in [0.5, 0.6) is 0 Å². The zero-order valence-electron chi connectivity index (χ0n) is 18.7. The van der Waals surface area contributed by atoms with E-state index in [1.807, 2.05) is 27.7 Å². The maximum absolute atomic E-state index is 12.8. The van der Waals surface area contributed by atoms with Gasteiger partial charge in [-0.2, -0.15) is 0 Å². The van der Waals surface area contributed by atoms with Crippen LogP contribution in [0.1, 0.15) is 34.1 Å². The quantitative estimate of drug-likeness (QED) is 0.306. The lowest BCUT2D eigenvalue weighted by molar-refractivity contribution is 0.0225. The number of rotatable bonds is 11. The van der Waals surface area contributed by atoms with Crippen LogP contribution in [0, 0.1) is 5.92 Å². The molecule has 0 aliphatic carbocycles. The molecule has 4 radical (unpaired) electrons. The molecule has 0 spiro atoms. The maximum atomic E-state index is 12.8. The Labute approximate surface area is 182 Å². The van der Waals surface area contributed by atoms with Crippen LogP contribution >= 0.6 is 7.75 Å². The van der Waals surface area contributed by atoms with E-state index in [0.29, 0.717) is 12.3 Å². The highest BCUT2D eigenvalue weighted by Crippen LogP contribution is 2.42. The Morgan fingerprint density at radius 3 is 2.03 bits per heavy atom. The summed E-state index contributed by atoms with van der Waals surface area (Å²) in [5, 5.41) is 6.00. The molecule has 170 valence electrons. The van der Waals surface area contributed by atoms with Gasteiger partial charge in [0.15, 0.2) is 0 Å². The molecule has 2 aliphatic rings. The third-order valence-electron chi connectivity index (χ3n) is 5.32. The van der Waals surface area contributed by atoms with E-state index in [-0.39, 0.29) is 24.8 Å². The van der Waals surface area contributed by atoms with Crippen LogP contribution in [-0.2, 0) is 28.0 Å². The average molecular weight is 444 g/mol. The Morgan fingerprint density at radius 1 is 1.00 bits per heavy atom. The first-order valence-corrected chi connectivity index (χ1v) is 12.0. The summed E-state index contributed by atoms with van der Waals surface area (Å²) < 4.78 is 40.5. The van der Waals surface area contributed by atoms with E-state index in [1.54, 1.807) is 7.11 Å². The average Bonchev–Trinajstić information content (AvgIpc) is 3.07. The summed E-state index contributed by atoms with van der Waals surface area (Å²) in [7, 11) is 10.8. The van der Waals surface area contributed by atoms with Crippen molar-refractivity contribution in [2.45, 2.75) is 88.7 Å². The van der Waals surface area contributed by atoms with Gasteiger partial charge in [-0.3, -0.25) is 4.52 Å². The maximum Gasteiger partial charge on any atom is 0.403 e. The fourth-order valence-electron chi connectivity index (χ4n) is 4.07. The van der Waals surface area contributed by atoms with Crippen molar-refractivity contribution in [3.8, 4) is 0 Å². The fourth-order valence-corrected chi connectivity index (χ4v) is 5.19. The van der Waals surface area contributed by atoms with Gasteiger partial charge in [-0.15, -0.1) is 0 Å². The van der Waals surface area contributed by atoms with E-state index in [4.69, 9.17) is 39.2 Å². The Morgan fingerprint density at radius 2 is 1.53 bits per heavy atom. The van der Waals surface area contributed by atoms with Crippen molar-refractivity contribution >= 4 is 23.4 Å². The van der Waals surface area contributed by atoms with E-state index in [0.717, 1.165) is 0 Å². The van der Waals surface area contributed by atoms with Crippen molar-refractivity contribution in [3.63, 3.8) is 0 Å². The predicted molar refractivity (Wildman–Crippen MR) is 115 cm³/mol. The third-order valence-corrected chi connectivity index (χ3v) is 6.44. The van der Waals surface area contributed by atoms with Gasteiger partial charge in [0.25, 0.3) is 0 Å². The lowest BCUT2D eigenvalue weighted by atomic mass is 9.90. The normalized spacial score (nSPS) is 39.1. The molecule has 2 heterocycles. The molecule has 0 bridgehead atoms. The first kappa shape index (κ1) is 26.3. The largest absolute Gasteiger partial charge is 0.403 e. The van der Waals surface area contributed by atoms with Crippen LogP contribution in [0.25, 0.3) is 0 Å². The van der Waals surface area contributed by atoms with E-state index < -0.39 is 44.1 Å². The van der Waals surface area contributed by atoms with Gasteiger partial charge in [0.2, 0.25) is 0 Å². The van der Waals surface area contributed by atoms with Crippen LogP contribution in [-0.4, -0.2) is 96.0 Å². The van der Waals surface area contributed by atoms with Crippen molar-refractivity contribution in [1.82, 2.24) is 10.4 Å². The van der Waals surface area contributed by atoms with Gasteiger partial charge >= 0.3 is 7.75 Å². The Bertz CT molecular complexity index is 589. The van der Waals surface area contributed by atoms with Gasteiger partial charge in [0, 0.05) is 32.3 Å². The summed E-state index contributed by atoms with van der Waals surface area (Å²) >= 11 is 0. The minimum atomic E-state index is -4.22. The molecule has 2 fully saturated rings. The molecule has 30 heavy (non-hydrogen) atoms. The second kappa shape index (κ2) is 11.3. The van der Waals surface area contributed by atoms with E-state index in [9.17, 15) is 9.46 Å². The van der Waals surface area contributed by atoms with Crippen molar-refractivity contribution in [1.29, 1.82) is 0 Å². The third kappa shape index (κ3) is 6.77. The van der Waals surface area contributed by atoms with Crippen molar-refractivity contribution < 1.29 is 32.9 Å². The molecule has 0 aromatic carbocycles. The zero-order chi connectivity index (χ0) is 22.6. The number of hydrogen-bond donors (Lipinski definition) is 3. The smallest absolute Gasteiger partial charge is 0.380 e. The van der Waals surface area contributed by atoms with Gasteiger partial charge < -0.3 is 29.2 Å². The van der Waals surface area contributed by atoms with Gasteiger partial charge in [0.1, 0.15) is 15.7 Å². The first-order chi connectivity index (χ1) is 14.0.